The maximum Gasteiger partial charge on any atom is 0.200 e. The maximum atomic E-state index is 10.9. The summed E-state index contributed by atoms with van der Waals surface area (Å²) in [5.41, 5.74) is 1.20. The Kier molecular flexibility index (Phi) is 7.15. The van der Waals surface area contributed by atoms with Crippen molar-refractivity contribution in [2.45, 2.75) is 12.5 Å². The monoisotopic (exact) mass is 378 g/mol. The molecule has 0 radical (unpaired) electrons. The molecule has 2 aromatic carbocycles. The van der Waals surface area contributed by atoms with Crippen LogP contribution in [-0.2, 0) is 6.42 Å². The predicted molar refractivity (Wildman–Crippen MR) is 100.0 cm³/mol. The lowest BCUT2D eigenvalue weighted by Gasteiger charge is -2.24. The number of methoxy groups -OCH3 is 4. The molecule has 0 aliphatic rings. The summed E-state index contributed by atoms with van der Waals surface area (Å²) in [5, 5.41) is 30.8. The molecular weight excluding hydrogens is 352 g/mol. The van der Waals surface area contributed by atoms with Crippen LogP contribution in [0.4, 0.5) is 0 Å². The zero-order valence-corrected chi connectivity index (χ0v) is 15.9. The molecule has 7 heteroatoms. The number of phenols is 1. The van der Waals surface area contributed by atoms with Gasteiger partial charge >= 0.3 is 0 Å². The SMILES string of the molecule is COc1cc(C(O)C(CO)Cc2c(OC)cccc2OC)cc(OC)c1O. The molecule has 7 nitrogen and oxygen atoms in total. The van der Waals surface area contributed by atoms with Crippen LogP contribution >= 0.6 is 0 Å². The average Bonchev–Trinajstić information content (AvgIpc) is 2.71. The molecule has 2 unspecified atom stereocenters. The summed E-state index contributed by atoms with van der Waals surface area (Å²) in [5.74, 6) is 0.878. The Morgan fingerprint density at radius 1 is 0.852 bits per heavy atom. The van der Waals surface area contributed by atoms with Crippen molar-refractivity contribution in [3.8, 4) is 28.7 Å². The van der Waals surface area contributed by atoms with Gasteiger partial charge in [0.05, 0.1) is 34.5 Å². The molecule has 2 atom stereocenters. The Balaban J connectivity index is 2.39. The molecule has 2 rings (SSSR count). The van der Waals surface area contributed by atoms with Crippen LogP contribution in [-0.4, -0.2) is 50.4 Å². The molecule has 0 amide bonds. The fourth-order valence-corrected chi connectivity index (χ4v) is 3.02. The van der Waals surface area contributed by atoms with Gasteiger partial charge in [0.25, 0.3) is 0 Å². The van der Waals surface area contributed by atoms with Gasteiger partial charge in [-0.3, -0.25) is 0 Å². The third kappa shape index (κ3) is 4.37. The Hall–Kier alpha value is -2.64. The van der Waals surface area contributed by atoms with Gasteiger partial charge in [-0.05, 0) is 36.2 Å². The highest BCUT2D eigenvalue weighted by molar-refractivity contribution is 5.53. The van der Waals surface area contributed by atoms with Crippen molar-refractivity contribution in [2.24, 2.45) is 5.92 Å². The zero-order valence-electron chi connectivity index (χ0n) is 15.9. The van der Waals surface area contributed by atoms with E-state index in [2.05, 4.69) is 0 Å². The van der Waals surface area contributed by atoms with E-state index in [0.717, 1.165) is 5.56 Å². The number of ether oxygens (including phenoxy) is 4. The number of phenolic OH excluding ortho intramolecular Hbond substituents is 1. The second-order valence-electron chi connectivity index (χ2n) is 6.01. The highest BCUT2D eigenvalue weighted by Crippen LogP contribution is 2.41. The molecule has 0 aliphatic carbocycles. The maximum absolute atomic E-state index is 10.9. The van der Waals surface area contributed by atoms with E-state index in [1.54, 1.807) is 32.4 Å². The lowest BCUT2D eigenvalue weighted by atomic mass is 9.89. The fraction of sp³-hybridized carbons (Fsp3) is 0.400. The van der Waals surface area contributed by atoms with Gasteiger partial charge in [0.1, 0.15) is 11.5 Å². The van der Waals surface area contributed by atoms with E-state index in [9.17, 15) is 15.3 Å². The van der Waals surface area contributed by atoms with E-state index in [1.165, 1.54) is 26.4 Å². The van der Waals surface area contributed by atoms with Crippen molar-refractivity contribution in [1.82, 2.24) is 0 Å². The fourth-order valence-electron chi connectivity index (χ4n) is 3.02. The lowest BCUT2D eigenvalue weighted by molar-refractivity contribution is 0.0658. The Bertz CT molecular complexity index is 713. The first-order valence-corrected chi connectivity index (χ1v) is 8.44. The van der Waals surface area contributed by atoms with Gasteiger partial charge in [0, 0.05) is 18.1 Å². The van der Waals surface area contributed by atoms with E-state index in [-0.39, 0.29) is 23.9 Å². The number of aromatic hydroxyl groups is 1. The number of rotatable bonds is 9. The van der Waals surface area contributed by atoms with Crippen molar-refractivity contribution < 1.29 is 34.3 Å². The topological polar surface area (TPSA) is 97.6 Å². The summed E-state index contributed by atoms with van der Waals surface area (Å²) in [4.78, 5) is 0. The summed E-state index contributed by atoms with van der Waals surface area (Å²) in [6.07, 6.45) is -0.718. The van der Waals surface area contributed by atoms with Gasteiger partial charge < -0.3 is 34.3 Å². The summed E-state index contributed by atoms with van der Waals surface area (Å²) >= 11 is 0. The molecule has 0 bridgehead atoms. The van der Waals surface area contributed by atoms with Crippen molar-refractivity contribution in [3.63, 3.8) is 0 Å². The lowest BCUT2D eigenvalue weighted by Crippen LogP contribution is -2.20. The number of aliphatic hydroxyl groups is 2. The molecule has 3 N–H and O–H groups in total. The summed E-state index contributed by atoms with van der Waals surface area (Å²) in [6.45, 7) is -0.270. The van der Waals surface area contributed by atoms with Crippen LogP contribution in [0, 0.1) is 5.92 Å². The first-order chi connectivity index (χ1) is 13.0. The van der Waals surface area contributed by atoms with E-state index in [1.807, 2.05) is 0 Å². The van der Waals surface area contributed by atoms with Crippen LogP contribution in [0.1, 0.15) is 17.2 Å². The van der Waals surface area contributed by atoms with Crippen LogP contribution in [0.2, 0.25) is 0 Å². The number of benzene rings is 2. The molecule has 148 valence electrons. The Labute approximate surface area is 158 Å². The minimum atomic E-state index is -1.03. The van der Waals surface area contributed by atoms with Crippen molar-refractivity contribution in [1.29, 1.82) is 0 Å². The molecule has 2 aromatic rings. The molecule has 0 saturated carbocycles. The summed E-state index contributed by atoms with van der Waals surface area (Å²) in [7, 11) is 5.93. The minimum absolute atomic E-state index is 0.150. The van der Waals surface area contributed by atoms with Crippen LogP contribution in [0.3, 0.4) is 0 Å². The van der Waals surface area contributed by atoms with E-state index < -0.39 is 12.0 Å². The van der Waals surface area contributed by atoms with Crippen molar-refractivity contribution in [3.05, 3.63) is 41.5 Å². The van der Waals surface area contributed by atoms with Gasteiger partial charge in [0.2, 0.25) is 5.75 Å². The third-order valence-electron chi connectivity index (χ3n) is 4.52. The van der Waals surface area contributed by atoms with E-state index in [0.29, 0.717) is 23.5 Å². The molecule has 0 saturated heterocycles. The minimum Gasteiger partial charge on any atom is -0.502 e. The van der Waals surface area contributed by atoms with Gasteiger partial charge in [-0.1, -0.05) is 6.07 Å². The molecule has 0 heterocycles. The van der Waals surface area contributed by atoms with E-state index >= 15 is 0 Å². The molecular formula is C20H26O7. The molecule has 0 fully saturated rings. The first kappa shape index (κ1) is 20.7. The van der Waals surface area contributed by atoms with Gasteiger partial charge in [-0.25, -0.2) is 0 Å². The third-order valence-corrected chi connectivity index (χ3v) is 4.52. The van der Waals surface area contributed by atoms with Crippen LogP contribution in [0.15, 0.2) is 30.3 Å². The van der Waals surface area contributed by atoms with Gasteiger partial charge in [0.15, 0.2) is 11.5 Å². The Morgan fingerprint density at radius 3 is 1.74 bits per heavy atom. The normalized spacial score (nSPS) is 13.0. The zero-order chi connectivity index (χ0) is 20.0. The largest absolute Gasteiger partial charge is 0.502 e. The number of hydrogen-bond donors (Lipinski definition) is 3. The number of hydrogen-bond acceptors (Lipinski definition) is 7. The van der Waals surface area contributed by atoms with Crippen molar-refractivity contribution >= 4 is 0 Å². The molecule has 27 heavy (non-hydrogen) atoms. The van der Waals surface area contributed by atoms with Gasteiger partial charge in [-0.15, -0.1) is 0 Å². The van der Waals surface area contributed by atoms with Gasteiger partial charge in [-0.2, -0.15) is 0 Å². The number of aliphatic hydroxyl groups excluding tert-OH is 2. The molecule has 0 aliphatic heterocycles. The summed E-state index contributed by atoms with van der Waals surface area (Å²) in [6, 6.07) is 8.44. The highest BCUT2D eigenvalue weighted by Gasteiger charge is 2.26. The van der Waals surface area contributed by atoms with Crippen LogP contribution in [0.25, 0.3) is 0 Å². The van der Waals surface area contributed by atoms with Crippen LogP contribution in [0.5, 0.6) is 28.7 Å². The first-order valence-electron chi connectivity index (χ1n) is 8.44. The second kappa shape index (κ2) is 9.34. The molecule has 0 aromatic heterocycles. The van der Waals surface area contributed by atoms with Crippen molar-refractivity contribution in [2.75, 3.05) is 35.0 Å². The average molecular weight is 378 g/mol. The standard InChI is InChI=1S/C20H26O7/c1-24-15-6-5-7-16(25-2)14(15)8-13(11-21)19(22)12-9-17(26-3)20(23)18(10-12)27-4/h5-7,9-10,13,19,21-23H,8,11H2,1-4H3. The summed E-state index contributed by atoms with van der Waals surface area (Å²) < 4.78 is 21.1. The second-order valence-corrected chi connectivity index (χ2v) is 6.01. The Morgan fingerprint density at radius 2 is 1.33 bits per heavy atom. The smallest absolute Gasteiger partial charge is 0.200 e. The highest BCUT2D eigenvalue weighted by atomic mass is 16.5. The molecule has 0 spiro atoms. The van der Waals surface area contributed by atoms with Crippen LogP contribution < -0.4 is 18.9 Å². The predicted octanol–water partition coefficient (Wildman–Crippen LogP) is 2.31. The van der Waals surface area contributed by atoms with E-state index in [4.69, 9.17) is 18.9 Å². The quantitative estimate of drug-likeness (QED) is 0.616.